The van der Waals surface area contributed by atoms with Gasteiger partial charge < -0.3 is 10.2 Å². The Bertz CT molecular complexity index is 821. The largest absolute Gasteiger partial charge is 0.382 e. The SMILES string of the molecule is C=Cc1ccc2nccc(N[C@H]3CC[C@H](N4CCC5(CC4)CC5)CC3)c2c1. The molecule has 1 saturated heterocycles. The number of nitrogens with zero attached hydrogens (tertiary/aromatic N) is 2. The number of piperidine rings is 1. The van der Waals surface area contributed by atoms with Gasteiger partial charge in [0.2, 0.25) is 0 Å². The van der Waals surface area contributed by atoms with Gasteiger partial charge in [-0.05, 0) is 93.6 Å². The average molecular weight is 362 g/mol. The highest BCUT2D eigenvalue weighted by Gasteiger charge is 2.45. The molecule has 142 valence electrons. The summed E-state index contributed by atoms with van der Waals surface area (Å²) in [6, 6.07) is 9.91. The van der Waals surface area contributed by atoms with E-state index in [1.165, 1.54) is 75.5 Å². The second kappa shape index (κ2) is 6.94. The maximum atomic E-state index is 4.52. The third-order valence-corrected chi connectivity index (χ3v) is 7.39. The van der Waals surface area contributed by atoms with E-state index in [4.69, 9.17) is 0 Å². The second-order valence-corrected chi connectivity index (χ2v) is 9.02. The molecule has 1 aromatic carbocycles. The third-order valence-electron chi connectivity index (χ3n) is 7.39. The van der Waals surface area contributed by atoms with E-state index < -0.39 is 0 Å². The number of pyridine rings is 1. The lowest BCUT2D eigenvalue weighted by molar-refractivity contribution is 0.0975. The summed E-state index contributed by atoms with van der Waals surface area (Å²) in [5, 5.41) is 5.04. The van der Waals surface area contributed by atoms with Crippen molar-refractivity contribution in [2.75, 3.05) is 18.4 Å². The van der Waals surface area contributed by atoms with Crippen LogP contribution in [0.3, 0.4) is 0 Å². The lowest BCUT2D eigenvalue weighted by atomic mass is 9.86. The van der Waals surface area contributed by atoms with Gasteiger partial charge in [0, 0.05) is 29.4 Å². The Balaban J connectivity index is 1.22. The van der Waals surface area contributed by atoms with Crippen molar-refractivity contribution >= 4 is 22.7 Å². The van der Waals surface area contributed by atoms with Crippen molar-refractivity contribution in [3.05, 3.63) is 42.6 Å². The molecule has 1 N–H and O–H groups in total. The average Bonchev–Trinajstić information content (AvgIpc) is 3.48. The first-order valence-corrected chi connectivity index (χ1v) is 10.8. The number of benzene rings is 1. The predicted molar refractivity (Wildman–Crippen MR) is 114 cm³/mol. The summed E-state index contributed by atoms with van der Waals surface area (Å²) < 4.78 is 0. The van der Waals surface area contributed by atoms with E-state index in [0.29, 0.717) is 6.04 Å². The highest BCUT2D eigenvalue weighted by Crippen LogP contribution is 2.54. The van der Waals surface area contributed by atoms with Crippen molar-refractivity contribution in [3.8, 4) is 0 Å². The van der Waals surface area contributed by atoms with Gasteiger partial charge in [-0.2, -0.15) is 0 Å². The topological polar surface area (TPSA) is 28.2 Å². The van der Waals surface area contributed by atoms with Gasteiger partial charge in [0.05, 0.1) is 5.52 Å². The fourth-order valence-electron chi connectivity index (χ4n) is 5.26. The van der Waals surface area contributed by atoms with Crippen LogP contribution >= 0.6 is 0 Å². The van der Waals surface area contributed by atoms with Crippen LogP contribution < -0.4 is 5.32 Å². The predicted octanol–water partition coefficient (Wildman–Crippen LogP) is 5.48. The zero-order chi connectivity index (χ0) is 18.3. The van der Waals surface area contributed by atoms with E-state index in [1.54, 1.807) is 0 Å². The first kappa shape index (κ1) is 17.2. The summed E-state index contributed by atoms with van der Waals surface area (Å²) in [6.07, 6.45) is 15.0. The number of likely N-dealkylation sites (tertiary alicyclic amines) is 1. The number of hydrogen-bond acceptors (Lipinski definition) is 3. The molecule has 0 amide bonds. The molecule has 3 heteroatoms. The number of rotatable bonds is 4. The van der Waals surface area contributed by atoms with Crippen molar-refractivity contribution in [1.82, 2.24) is 9.88 Å². The van der Waals surface area contributed by atoms with Gasteiger partial charge in [-0.25, -0.2) is 0 Å². The van der Waals surface area contributed by atoms with Gasteiger partial charge in [0.15, 0.2) is 0 Å². The van der Waals surface area contributed by atoms with Crippen molar-refractivity contribution in [2.45, 2.75) is 63.5 Å². The maximum absolute atomic E-state index is 4.52. The molecule has 3 fully saturated rings. The van der Waals surface area contributed by atoms with Gasteiger partial charge in [0.1, 0.15) is 0 Å². The van der Waals surface area contributed by atoms with Crippen molar-refractivity contribution in [2.24, 2.45) is 5.41 Å². The van der Waals surface area contributed by atoms with Crippen molar-refractivity contribution in [1.29, 1.82) is 0 Å². The van der Waals surface area contributed by atoms with E-state index in [2.05, 4.69) is 46.0 Å². The zero-order valence-corrected chi connectivity index (χ0v) is 16.3. The highest BCUT2D eigenvalue weighted by atomic mass is 15.2. The Morgan fingerprint density at radius 2 is 1.81 bits per heavy atom. The van der Waals surface area contributed by atoms with Crippen LogP contribution in [0.5, 0.6) is 0 Å². The molecule has 0 bridgehead atoms. The summed E-state index contributed by atoms with van der Waals surface area (Å²) >= 11 is 0. The van der Waals surface area contributed by atoms with Crippen LogP contribution in [0.1, 0.15) is 56.9 Å². The van der Waals surface area contributed by atoms with Crippen LogP contribution in [0.15, 0.2) is 37.0 Å². The first-order valence-electron chi connectivity index (χ1n) is 10.8. The Morgan fingerprint density at radius 3 is 2.52 bits per heavy atom. The fraction of sp³-hybridized carbons (Fsp3) is 0.542. The molecular weight excluding hydrogens is 330 g/mol. The van der Waals surface area contributed by atoms with Crippen molar-refractivity contribution in [3.63, 3.8) is 0 Å². The summed E-state index contributed by atoms with van der Waals surface area (Å²) in [7, 11) is 0. The van der Waals surface area contributed by atoms with Gasteiger partial charge in [-0.15, -0.1) is 0 Å². The molecule has 1 aliphatic heterocycles. The highest BCUT2D eigenvalue weighted by molar-refractivity contribution is 5.92. The van der Waals surface area contributed by atoms with E-state index in [1.807, 2.05) is 12.3 Å². The molecule has 3 aliphatic rings. The molecule has 0 radical (unpaired) electrons. The zero-order valence-electron chi connectivity index (χ0n) is 16.3. The lowest BCUT2D eigenvalue weighted by Crippen LogP contribution is -2.45. The number of nitrogens with one attached hydrogen (secondary N) is 1. The van der Waals surface area contributed by atoms with Gasteiger partial charge in [0.25, 0.3) is 0 Å². The standard InChI is InChI=1S/C24H31N3/c1-2-18-3-8-22-21(17-18)23(9-14-25-22)26-19-4-6-20(7-5-19)27-15-12-24(10-11-24)13-16-27/h2-3,8-9,14,17,19-20H,1,4-7,10-13,15-16H2,(H,25,26)/t19-,20-. The molecule has 2 aliphatic carbocycles. The molecule has 2 heterocycles. The Morgan fingerprint density at radius 1 is 1.04 bits per heavy atom. The molecule has 27 heavy (non-hydrogen) atoms. The Labute approximate surface area is 162 Å². The van der Waals surface area contributed by atoms with E-state index in [0.717, 1.165) is 22.5 Å². The molecule has 2 saturated carbocycles. The molecule has 1 spiro atoms. The smallest absolute Gasteiger partial charge is 0.0723 e. The number of fused-ring (bicyclic) bond motifs is 1. The monoisotopic (exact) mass is 361 g/mol. The Kier molecular flexibility index (Phi) is 4.43. The van der Waals surface area contributed by atoms with Crippen LogP contribution in [0, 0.1) is 5.41 Å². The summed E-state index contributed by atoms with van der Waals surface area (Å²) in [5.41, 5.74) is 4.23. The van der Waals surface area contributed by atoms with Crippen LogP contribution in [-0.2, 0) is 0 Å². The summed E-state index contributed by atoms with van der Waals surface area (Å²) in [5.74, 6) is 0. The van der Waals surface area contributed by atoms with E-state index >= 15 is 0 Å². The third kappa shape index (κ3) is 3.50. The fourth-order valence-corrected chi connectivity index (χ4v) is 5.26. The molecule has 0 unspecified atom stereocenters. The quantitative estimate of drug-likeness (QED) is 0.782. The van der Waals surface area contributed by atoms with E-state index in [-0.39, 0.29) is 0 Å². The molecule has 5 rings (SSSR count). The molecular formula is C24H31N3. The normalized spacial score (nSPS) is 27.6. The van der Waals surface area contributed by atoms with Crippen LogP contribution in [0.2, 0.25) is 0 Å². The molecule has 1 aromatic heterocycles. The Hall–Kier alpha value is -1.87. The molecule has 2 aromatic rings. The summed E-state index contributed by atoms with van der Waals surface area (Å²) in [4.78, 5) is 7.32. The lowest BCUT2D eigenvalue weighted by Gasteiger charge is -2.41. The van der Waals surface area contributed by atoms with Crippen LogP contribution in [0.25, 0.3) is 17.0 Å². The van der Waals surface area contributed by atoms with Gasteiger partial charge in [-0.1, -0.05) is 18.7 Å². The summed E-state index contributed by atoms with van der Waals surface area (Å²) in [6.45, 7) is 6.60. The number of aromatic nitrogens is 1. The number of anilines is 1. The van der Waals surface area contributed by atoms with Crippen LogP contribution in [0.4, 0.5) is 5.69 Å². The minimum absolute atomic E-state index is 0.582. The first-order chi connectivity index (χ1) is 13.2. The second-order valence-electron chi connectivity index (χ2n) is 9.02. The van der Waals surface area contributed by atoms with Gasteiger partial charge >= 0.3 is 0 Å². The minimum atomic E-state index is 0.582. The molecule has 3 nitrogen and oxygen atoms in total. The minimum Gasteiger partial charge on any atom is -0.382 e. The van der Waals surface area contributed by atoms with Crippen LogP contribution in [-0.4, -0.2) is 35.1 Å². The molecule has 0 atom stereocenters. The van der Waals surface area contributed by atoms with E-state index in [9.17, 15) is 0 Å². The van der Waals surface area contributed by atoms with Crippen molar-refractivity contribution < 1.29 is 0 Å². The number of hydrogen-bond donors (Lipinski definition) is 1. The van der Waals surface area contributed by atoms with Gasteiger partial charge in [-0.3, -0.25) is 4.98 Å². The maximum Gasteiger partial charge on any atom is 0.0723 e.